The number of rotatable bonds is 6. The lowest BCUT2D eigenvalue weighted by Gasteiger charge is -2.05. The van der Waals surface area contributed by atoms with Crippen LogP contribution in [0, 0.1) is 0 Å². The number of Topliss-reactive ketones (excluding diaryl/α,β-unsaturated/α-hetero) is 1. The highest BCUT2D eigenvalue weighted by Crippen LogP contribution is 2.30. The summed E-state index contributed by atoms with van der Waals surface area (Å²) in [6.45, 7) is 2.14. The summed E-state index contributed by atoms with van der Waals surface area (Å²) >= 11 is 13.4. The second-order valence-electron chi connectivity index (χ2n) is 4.73. The molecule has 2 rings (SSSR count). The van der Waals surface area contributed by atoms with E-state index in [0.29, 0.717) is 15.8 Å². The van der Waals surface area contributed by atoms with Gasteiger partial charge in [0.1, 0.15) is 0 Å². The van der Waals surface area contributed by atoms with Gasteiger partial charge < -0.3 is 0 Å². The average Bonchev–Trinajstić information content (AvgIpc) is 2.49. The third kappa shape index (κ3) is 4.77. The molecule has 0 amide bonds. The maximum Gasteiger partial charge on any atom is 0.173 e. The van der Waals surface area contributed by atoms with Gasteiger partial charge in [-0.1, -0.05) is 60.8 Å². The first-order chi connectivity index (χ1) is 10.1. The van der Waals surface area contributed by atoms with Crippen molar-refractivity contribution in [3.05, 3.63) is 63.6 Å². The van der Waals surface area contributed by atoms with Gasteiger partial charge in [0.25, 0.3) is 0 Å². The fourth-order valence-corrected chi connectivity index (χ4v) is 3.35. The average molecular weight is 339 g/mol. The van der Waals surface area contributed by atoms with Crippen molar-refractivity contribution in [2.45, 2.75) is 24.7 Å². The molecule has 0 N–H and O–H groups in total. The Labute approximate surface area is 139 Å². The molecule has 2 aromatic carbocycles. The third-order valence-corrected chi connectivity index (χ3v) is 4.80. The zero-order valence-electron chi connectivity index (χ0n) is 11.7. The summed E-state index contributed by atoms with van der Waals surface area (Å²) < 4.78 is 0. The predicted octanol–water partition coefficient (Wildman–Crippen LogP) is 5.92. The highest BCUT2D eigenvalue weighted by atomic mass is 35.5. The summed E-state index contributed by atoms with van der Waals surface area (Å²) in [4.78, 5) is 13.0. The minimum atomic E-state index is 0.0964. The van der Waals surface area contributed by atoms with E-state index in [1.54, 1.807) is 18.2 Å². The Bertz CT molecular complexity index is 623. The topological polar surface area (TPSA) is 17.1 Å². The van der Waals surface area contributed by atoms with Crippen molar-refractivity contribution in [3.8, 4) is 0 Å². The van der Waals surface area contributed by atoms with Crippen molar-refractivity contribution < 1.29 is 4.79 Å². The molecule has 0 aliphatic carbocycles. The molecule has 0 aromatic heterocycles. The molecular formula is C17H16Cl2OS. The molecule has 0 heterocycles. The summed E-state index contributed by atoms with van der Waals surface area (Å²) in [5.41, 5.74) is 2.00. The van der Waals surface area contributed by atoms with Crippen molar-refractivity contribution in [1.29, 1.82) is 0 Å². The van der Waals surface area contributed by atoms with Gasteiger partial charge in [0.05, 0.1) is 10.8 Å². The number of thioether (sulfide) groups is 1. The van der Waals surface area contributed by atoms with E-state index in [0.717, 1.165) is 23.3 Å². The van der Waals surface area contributed by atoms with E-state index in [1.165, 1.54) is 17.3 Å². The van der Waals surface area contributed by atoms with Crippen LogP contribution in [0.5, 0.6) is 0 Å². The third-order valence-electron chi connectivity index (χ3n) is 3.07. The van der Waals surface area contributed by atoms with Crippen LogP contribution in [-0.4, -0.2) is 11.5 Å². The summed E-state index contributed by atoms with van der Waals surface area (Å²) in [5, 5.41) is 1.24. The van der Waals surface area contributed by atoms with Gasteiger partial charge in [-0.25, -0.2) is 0 Å². The zero-order chi connectivity index (χ0) is 15.2. The van der Waals surface area contributed by atoms with Crippen LogP contribution in [0.15, 0.2) is 47.4 Å². The van der Waals surface area contributed by atoms with Gasteiger partial charge >= 0.3 is 0 Å². The van der Waals surface area contributed by atoms with Crippen LogP contribution < -0.4 is 0 Å². The number of hydrogen-bond donors (Lipinski definition) is 0. The van der Waals surface area contributed by atoms with Gasteiger partial charge in [0, 0.05) is 15.5 Å². The lowest BCUT2D eigenvalue weighted by atomic mass is 10.1. The molecule has 4 heteroatoms. The molecule has 0 spiro atoms. The highest BCUT2D eigenvalue weighted by Gasteiger charge is 2.09. The first-order valence-electron chi connectivity index (χ1n) is 6.80. The van der Waals surface area contributed by atoms with Crippen molar-refractivity contribution in [2.75, 3.05) is 5.75 Å². The lowest BCUT2D eigenvalue weighted by molar-refractivity contribution is 0.102. The molecule has 110 valence electrons. The Morgan fingerprint density at radius 3 is 2.48 bits per heavy atom. The number of benzene rings is 2. The normalized spacial score (nSPS) is 10.6. The van der Waals surface area contributed by atoms with Gasteiger partial charge in [-0.2, -0.15) is 0 Å². The molecular weight excluding hydrogens is 323 g/mol. The van der Waals surface area contributed by atoms with Gasteiger partial charge in [0.15, 0.2) is 5.78 Å². The van der Waals surface area contributed by atoms with E-state index in [9.17, 15) is 4.79 Å². The number of ketones is 1. The molecule has 0 atom stereocenters. The number of hydrogen-bond acceptors (Lipinski definition) is 2. The second kappa shape index (κ2) is 7.88. The fraction of sp³-hybridized carbons (Fsp3) is 0.235. The Balaban J connectivity index is 1.99. The predicted molar refractivity (Wildman–Crippen MR) is 92.0 cm³/mol. The fourth-order valence-electron chi connectivity index (χ4n) is 1.96. The summed E-state index contributed by atoms with van der Waals surface area (Å²) in [6.07, 6.45) is 2.15. The number of carbonyl (C=O) groups is 1. The Kier molecular flexibility index (Phi) is 6.16. The standard InChI is InChI=1S/C17H16Cl2OS/c1-2-3-12-4-6-13(7-5-12)16(20)11-21-17-10-14(18)8-9-15(17)19/h4-10H,2-3,11H2,1H3. The van der Waals surface area contributed by atoms with Crippen LogP contribution in [0.2, 0.25) is 10.0 Å². The van der Waals surface area contributed by atoms with Crippen LogP contribution in [0.1, 0.15) is 29.3 Å². The quantitative estimate of drug-likeness (QED) is 0.480. The molecule has 21 heavy (non-hydrogen) atoms. The molecule has 0 aliphatic rings. The van der Waals surface area contributed by atoms with Gasteiger partial charge in [-0.05, 0) is 30.2 Å². The lowest BCUT2D eigenvalue weighted by Crippen LogP contribution is -2.02. The van der Waals surface area contributed by atoms with Gasteiger partial charge in [0.2, 0.25) is 0 Å². The SMILES string of the molecule is CCCc1ccc(C(=O)CSc2cc(Cl)ccc2Cl)cc1. The van der Waals surface area contributed by atoms with Crippen LogP contribution in [-0.2, 0) is 6.42 Å². The number of aryl methyl sites for hydroxylation is 1. The maximum absolute atomic E-state index is 12.2. The highest BCUT2D eigenvalue weighted by molar-refractivity contribution is 8.00. The minimum absolute atomic E-state index is 0.0964. The zero-order valence-corrected chi connectivity index (χ0v) is 14.1. The Morgan fingerprint density at radius 1 is 1.10 bits per heavy atom. The van der Waals surface area contributed by atoms with Crippen LogP contribution in [0.25, 0.3) is 0 Å². The van der Waals surface area contributed by atoms with Crippen LogP contribution in [0.4, 0.5) is 0 Å². The van der Waals surface area contributed by atoms with Crippen molar-refractivity contribution in [1.82, 2.24) is 0 Å². The first-order valence-corrected chi connectivity index (χ1v) is 8.54. The summed E-state index contributed by atoms with van der Waals surface area (Å²) in [6, 6.07) is 13.1. The van der Waals surface area contributed by atoms with Crippen LogP contribution >= 0.6 is 35.0 Å². The summed E-state index contributed by atoms with van der Waals surface area (Å²) in [5.74, 6) is 0.451. The summed E-state index contributed by atoms with van der Waals surface area (Å²) in [7, 11) is 0. The van der Waals surface area contributed by atoms with Crippen molar-refractivity contribution in [3.63, 3.8) is 0 Å². The van der Waals surface area contributed by atoms with E-state index in [1.807, 2.05) is 24.3 Å². The van der Waals surface area contributed by atoms with Gasteiger partial charge in [-0.15, -0.1) is 11.8 Å². The van der Waals surface area contributed by atoms with E-state index < -0.39 is 0 Å². The number of carbonyl (C=O) groups excluding carboxylic acids is 1. The van der Waals surface area contributed by atoms with E-state index in [4.69, 9.17) is 23.2 Å². The monoisotopic (exact) mass is 338 g/mol. The van der Waals surface area contributed by atoms with E-state index in [-0.39, 0.29) is 5.78 Å². The molecule has 0 fully saturated rings. The Morgan fingerprint density at radius 2 is 1.81 bits per heavy atom. The molecule has 0 saturated carbocycles. The molecule has 0 bridgehead atoms. The maximum atomic E-state index is 12.2. The number of halogens is 2. The first kappa shape index (κ1) is 16.4. The molecule has 0 radical (unpaired) electrons. The van der Waals surface area contributed by atoms with Crippen LogP contribution in [0.3, 0.4) is 0 Å². The largest absolute Gasteiger partial charge is 0.293 e. The van der Waals surface area contributed by atoms with Crippen molar-refractivity contribution >= 4 is 40.7 Å². The van der Waals surface area contributed by atoms with Gasteiger partial charge in [-0.3, -0.25) is 4.79 Å². The Hall–Kier alpha value is -0.960. The molecule has 0 aliphatic heterocycles. The second-order valence-corrected chi connectivity index (χ2v) is 6.59. The van der Waals surface area contributed by atoms with E-state index in [2.05, 4.69) is 6.92 Å². The van der Waals surface area contributed by atoms with E-state index >= 15 is 0 Å². The smallest absolute Gasteiger partial charge is 0.173 e. The van der Waals surface area contributed by atoms with Crippen molar-refractivity contribution in [2.24, 2.45) is 0 Å². The molecule has 2 aromatic rings. The molecule has 0 saturated heterocycles. The molecule has 1 nitrogen and oxygen atoms in total. The molecule has 0 unspecified atom stereocenters. The minimum Gasteiger partial charge on any atom is -0.293 e.